The van der Waals surface area contributed by atoms with Crippen LogP contribution in [0.5, 0.6) is 0 Å². The molecule has 0 aliphatic rings. The molecular formula is C9H9ClF3NO2. The predicted octanol–water partition coefficient (Wildman–Crippen LogP) is 3.00. The lowest BCUT2D eigenvalue weighted by Gasteiger charge is -2.15. The second-order valence-electron chi connectivity index (χ2n) is 3.30. The third-order valence-corrected chi connectivity index (χ3v) is 2.07. The molecule has 0 bridgehead atoms. The van der Waals surface area contributed by atoms with Gasteiger partial charge in [-0.25, -0.2) is 0 Å². The summed E-state index contributed by atoms with van der Waals surface area (Å²) in [4.78, 5) is 11.4. The van der Waals surface area contributed by atoms with Crippen LogP contribution >= 0.6 is 11.6 Å². The van der Waals surface area contributed by atoms with E-state index < -0.39 is 24.5 Å². The van der Waals surface area contributed by atoms with E-state index in [0.29, 0.717) is 0 Å². The lowest BCUT2D eigenvalue weighted by atomic mass is 10.2. The summed E-state index contributed by atoms with van der Waals surface area (Å²) >= 11 is 5.50. The second kappa shape index (κ2) is 4.78. The lowest BCUT2D eigenvalue weighted by molar-refractivity contribution is -0.138. The molecule has 1 aromatic rings. The fourth-order valence-electron chi connectivity index (χ4n) is 1.16. The summed E-state index contributed by atoms with van der Waals surface area (Å²) < 4.78 is 40.6. The Morgan fingerprint density at radius 1 is 1.62 bits per heavy atom. The van der Waals surface area contributed by atoms with Crippen LogP contribution in [0, 0.1) is 0 Å². The van der Waals surface area contributed by atoms with Crippen LogP contribution in [0.2, 0.25) is 5.22 Å². The normalized spacial score (nSPS) is 13.6. The van der Waals surface area contributed by atoms with Crippen molar-refractivity contribution in [1.82, 2.24) is 5.32 Å². The maximum Gasteiger partial charge on any atom is 0.391 e. The summed E-state index contributed by atoms with van der Waals surface area (Å²) in [5.74, 6) is -0.685. The van der Waals surface area contributed by atoms with Gasteiger partial charge in [0, 0.05) is 6.04 Å². The highest BCUT2D eigenvalue weighted by Gasteiger charge is 2.31. The van der Waals surface area contributed by atoms with Crippen molar-refractivity contribution in [3.63, 3.8) is 0 Å². The molecule has 0 saturated heterocycles. The van der Waals surface area contributed by atoms with Gasteiger partial charge >= 0.3 is 6.18 Å². The third kappa shape index (κ3) is 3.77. The quantitative estimate of drug-likeness (QED) is 0.902. The summed E-state index contributed by atoms with van der Waals surface area (Å²) in [5, 5.41) is 2.03. The second-order valence-corrected chi connectivity index (χ2v) is 3.65. The number of furan rings is 1. The molecule has 1 rings (SSSR count). The minimum atomic E-state index is -4.31. The van der Waals surface area contributed by atoms with Gasteiger partial charge in [0.2, 0.25) is 5.22 Å². The highest BCUT2D eigenvalue weighted by Crippen LogP contribution is 2.22. The standard InChI is InChI=1S/C9H9ClF3NO2/c1-5(4-9(11,12)13)14-8(15)6-2-3-16-7(6)10/h2-3,5H,4H2,1H3,(H,14,15). The van der Waals surface area contributed by atoms with Crippen LogP contribution in [0.4, 0.5) is 13.2 Å². The number of nitrogens with one attached hydrogen (secondary N) is 1. The first kappa shape index (κ1) is 12.9. The molecule has 1 amide bonds. The molecule has 0 spiro atoms. The molecule has 0 fully saturated rings. The Morgan fingerprint density at radius 2 is 2.25 bits per heavy atom. The van der Waals surface area contributed by atoms with Crippen molar-refractivity contribution >= 4 is 17.5 Å². The van der Waals surface area contributed by atoms with Crippen molar-refractivity contribution in [3.8, 4) is 0 Å². The zero-order chi connectivity index (χ0) is 12.3. The van der Waals surface area contributed by atoms with E-state index in [1.165, 1.54) is 19.3 Å². The van der Waals surface area contributed by atoms with Crippen molar-refractivity contribution in [3.05, 3.63) is 23.1 Å². The Balaban J connectivity index is 2.56. The Hall–Kier alpha value is -1.17. The van der Waals surface area contributed by atoms with Gasteiger partial charge in [-0.3, -0.25) is 4.79 Å². The molecule has 90 valence electrons. The van der Waals surface area contributed by atoms with E-state index >= 15 is 0 Å². The summed E-state index contributed by atoms with van der Waals surface area (Å²) in [6.45, 7) is 1.26. The molecule has 1 aromatic heterocycles. The van der Waals surface area contributed by atoms with E-state index in [0.717, 1.165) is 0 Å². The average Bonchev–Trinajstić information content (AvgIpc) is 2.47. The number of alkyl halides is 3. The SMILES string of the molecule is CC(CC(F)(F)F)NC(=O)c1ccoc1Cl. The molecule has 0 aromatic carbocycles. The summed E-state index contributed by atoms with van der Waals surface area (Å²) in [7, 11) is 0. The van der Waals surface area contributed by atoms with E-state index in [-0.39, 0.29) is 10.8 Å². The van der Waals surface area contributed by atoms with E-state index in [2.05, 4.69) is 9.73 Å². The van der Waals surface area contributed by atoms with Crippen molar-refractivity contribution in [2.75, 3.05) is 0 Å². The van der Waals surface area contributed by atoms with E-state index in [4.69, 9.17) is 11.6 Å². The summed E-state index contributed by atoms with van der Waals surface area (Å²) in [6, 6.07) is 0.274. The number of hydrogen-bond acceptors (Lipinski definition) is 2. The van der Waals surface area contributed by atoms with Gasteiger partial charge in [-0.2, -0.15) is 13.2 Å². The number of carbonyl (C=O) groups is 1. The largest absolute Gasteiger partial charge is 0.452 e. The molecule has 7 heteroatoms. The number of hydrogen-bond donors (Lipinski definition) is 1. The van der Waals surface area contributed by atoms with Gasteiger partial charge in [0.15, 0.2) is 0 Å². The fourth-order valence-corrected chi connectivity index (χ4v) is 1.36. The van der Waals surface area contributed by atoms with E-state index in [9.17, 15) is 18.0 Å². The number of rotatable bonds is 3. The molecule has 1 heterocycles. The minimum Gasteiger partial charge on any atom is -0.452 e. The smallest absolute Gasteiger partial charge is 0.391 e. The van der Waals surface area contributed by atoms with E-state index in [1.54, 1.807) is 0 Å². The maximum atomic E-state index is 12.0. The molecule has 0 radical (unpaired) electrons. The Labute approximate surface area is 94.6 Å². The van der Waals surface area contributed by atoms with E-state index in [1.807, 2.05) is 0 Å². The zero-order valence-corrected chi connectivity index (χ0v) is 9.02. The van der Waals surface area contributed by atoms with Crippen molar-refractivity contribution in [2.24, 2.45) is 0 Å². The van der Waals surface area contributed by atoms with Gasteiger partial charge in [0.25, 0.3) is 5.91 Å². The molecule has 3 nitrogen and oxygen atoms in total. The van der Waals surface area contributed by atoms with Crippen LogP contribution in [0.1, 0.15) is 23.7 Å². The van der Waals surface area contributed by atoms with Gasteiger partial charge in [-0.1, -0.05) is 0 Å². The molecule has 16 heavy (non-hydrogen) atoms. The van der Waals surface area contributed by atoms with Gasteiger partial charge in [-0.05, 0) is 24.6 Å². The van der Waals surface area contributed by atoms with Gasteiger partial charge in [-0.15, -0.1) is 0 Å². The average molecular weight is 256 g/mol. The molecule has 0 saturated carbocycles. The molecule has 0 aliphatic heterocycles. The van der Waals surface area contributed by atoms with Crippen LogP contribution in [0.3, 0.4) is 0 Å². The van der Waals surface area contributed by atoms with Crippen molar-refractivity contribution < 1.29 is 22.4 Å². The van der Waals surface area contributed by atoms with Gasteiger partial charge < -0.3 is 9.73 Å². The molecule has 1 N–H and O–H groups in total. The summed E-state index contributed by atoms with van der Waals surface area (Å²) in [6.07, 6.45) is -4.22. The number of halogens is 4. The predicted molar refractivity (Wildman–Crippen MR) is 51.3 cm³/mol. The topological polar surface area (TPSA) is 42.2 Å². The van der Waals surface area contributed by atoms with Crippen LogP contribution in [0.15, 0.2) is 16.7 Å². The first-order valence-electron chi connectivity index (χ1n) is 4.40. The van der Waals surface area contributed by atoms with Crippen LogP contribution in [-0.2, 0) is 0 Å². The Morgan fingerprint density at radius 3 is 2.69 bits per heavy atom. The van der Waals surface area contributed by atoms with Crippen LogP contribution < -0.4 is 5.32 Å². The first-order valence-corrected chi connectivity index (χ1v) is 4.78. The summed E-state index contributed by atoms with van der Waals surface area (Å²) in [5.41, 5.74) is 0.0238. The van der Waals surface area contributed by atoms with Crippen molar-refractivity contribution in [2.45, 2.75) is 25.6 Å². The fraction of sp³-hybridized carbons (Fsp3) is 0.444. The van der Waals surface area contributed by atoms with Crippen LogP contribution in [-0.4, -0.2) is 18.1 Å². The maximum absolute atomic E-state index is 12.0. The van der Waals surface area contributed by atoms with Crippen LogP contribution in [0.25, 0.3) is 0 Å². The molecule has 0 aliphatic carbocycles. The Bertz CT molecular complexity index is 375. The molecule has 1 atom stereocenters. The monoisotopic (exact) mass is 255 g/mol. The Kier molecular flexibility index (Phi) is 3.85. The van der Waals surface area contributed by atoms with Gasteiger partial charge in [0.1, 0.15) is 0 Å². The number of carbonyl (C=O) groups excluding carboxylic acids is 1. The minimum absolute atomic E-state index is 0.0238. The molecule has 1 unspecified atom stereocenters. The molecular weight excluding hydrogens is 247 g/mol. The van der Waals surface area contributed by atoms with Crippen molar-refractivity contribution in [1.29, 1.82) is 0 Å². The first-order chi connectivity index (χ1) is 7.29. The zero-order valence-electron chi connectivity index (χ0n) is 8.27. The number of amides is 1. The van der Waals surface area contributed by atoms with Gasteiger partial charge in [0.05, 0.1) is 18.2 Å². The lowest BCUT2D eigenvalue weighted by Crippen LogP contribution is -2.35. The highest BCUT2D eigenvalue weighted by atomic mass is 35.5. The third-order valence-electron chi connectivity index (χ3n) is 1.78. The highest BCUT2D eigenvalue weighted by molar-refractivity contribution is 6.32.